The molecule has 0 saturated heterocycles. The highest BCUT2D eigenvalue weighted by Gasteiger charge is 2.31. The van der Waals surface area contributed by atoms with E-state index in [1.54, 1.807) is 0 Å². The fraction of sp³-hybridized carbons (Fsp3) is 1.00. The van der Waals surface area contributed by atoms with Crippen molar-refractivity contribution in [2.45, 2.75) is 77.8 Å². The molecule has 2 aliphatic carbocycles. The molecule has 2 aliphatic rings. The van der Waals surface area contributed by atoms with Gasteiger partial charge < -0.3 is 10.2 Å². The lowest BCUT2D eigenvalue weighted by Gasteiger charge is -2.41. The van der Waals surface area contributed by atoms with Gasteiger partial charge in [0.1, 0.15) is 0 Å². The molecule has 0 heterocycles. The first kappa shape index (κ1) is 16.3. The zero-order valence-corrected chi connectivity index (χ0v) is 14.2. The van der Waals surface area contributed by atoms with Crippen LogP contribution in [0.25, 0.3) is 0 Å². The Labute approximate surface area is 126 Å². The standard InChI is InChI=1S/C18H36N2/c1-5-19-18-10-9-15(3)11-16(18)13-20(4)17-8-6-7-14(2)12-17/h14-19H,5-13H2,1-4H3. The van der Waals surface area contributed by atoms with Crippen LogP contribution in [-0.4, -0.2) is 37.1 Å². The molecule has 0 aromatic heterocycles. The first-order chi connectivity index (χ1) is 9.60. The van der Waals surface area contributed by atoms with Crippen molar-refractivity contribution in [3.8, 4) is 0 Å². The van der Waals surface area contributed by atoms with Gasteiger partial charge in [0.2, 0.25) is 0 Å². The summed E-state index contributed by atoms with van der Waals surface area (Å²) in [5, 5.41) is 3.75. The van der Waals surface area contributed by atoms with Gasteiger partial charge in [0.25, 0.3) is 0 Å². The Kier molecular flexibility index (Phi) is 6.35. The Hall–Kier alpha value is -0.0800. The molecule has 1 N–H and O–H groups in total. The van der Waals surface area contributed by atoms with E-state index in [1.807, 2.05) is 0 Å². The average Bonchev–Trinajstić information content (AvgIpc) is 2.42. The third kappa shape index (κ3) is 4.46. The molecule has 0 amide bonds. The summed E-state index contributed by atoms with van der Waals surface area (Å²) in [4.78, 5) is 2.70. The number of nitrogens with zero attached hydrogens (tertiary/aromatic N) is 1. The number of rotatable bonds is 5. The molecule has 2 fully saturated rings. The smallest absolute Gasteiger partial charge is 0.0108 e. The van der Waals surface area contributed by atoms with E-state index in [9.17, 15) is 0 Å². The minimum Gasteiger partial charge on any atom is -0.314 e. The van der Waals surface area contributed by atoms with Gasteiger partial charge >= 0.3 is 0 Å². The molecule has 20 heavy (non-hydrogen) atoms. The van der Waals surface area contributed by atoms with E-state index in [1.165, 1.54) is 51.5 Å². The van der Waals surface area contributed by atoms with Crippen LogP contribution in [0.3, 0.4) is 0 Å². The van der Waals surface area contributed by atoms with Gasteiger partial charge in [-0.1, -0.05) is 33.6 Å². The highest BCUT2D eigenvalue weighted by atomic mass is 15.1. The van der Waals surface area contributed by atoms with Crippen molar-refractivity contribution in [2.75, 3.05) is 20.1 Å². The topological polar surface area (TPSA) is 15.3 Å². The number of nitrogens with one attached hydrogen (secondary N) is 1. The summed E-state index contributed by atoms with van der Waals surface area (Å²) in [6, 6.07) is 1.61. The van der Waals surface area contributed by atoms with Crippen LogP contribution in [-0.2, 0) is 0 Å². The van der Waals surface area contributed by atoms with E-state index in [0.717, 1.165) is 36.4 Å². The third-order valence-electron chi connectivity index (χ3n) is 5.77. The van der Waals surface area contributed by atoms with Crippen molar-refractivity contribution in [3.63, 3.8) is 0 Å². The molecule has 2 saturated carbocycles. The molecule has 2 nitrogen and oxygen atoms in total. The van der Waals surface area contributed by atoms with Gasteiger partial charge in [-0.15, -0.1) is 0 Å². The Morgan fingerprint density at radius 1 is 1.00 bits per heavy atom. The zero-order valence-electron chi connectivity index (χ0n) is 14.2. The van der Waals surface area contributed by atoms with Crippen LogP contribution in [0, 0.1) is 17.8 Å². The molecule has 0 aromatic rings. The SMILES string of the molecule is CCNC1CCC(C)CC1CN(C)C1CCCC(C)C1. The molecule has 0 radical (unpaired) electrons. The summed E-state index contributed by atoms with van der Waals surface area (Å²) in [6.07, 6.45) is 9.95. The Bertz CT molecular complexity index is 279. The van der Waals surface area contributed by atoms with Crippen molar-refractivity contribution >= 4 is 0 Å². The minimum atomic E-state index is 0.764. The van der Waals surface area contributed by atoms with Crippen molar-refractivity contribution in [3.05, 3.63) is 0 Å². The molecule has 0 aromatic carbocycles. The average molecular weight is 280 g/mol. The van der Waals surface area contributed by atoms with Gasteiger partial charge in [-0.3, -0.25) is 0 Å². The molecular formula is C18H36N2. The van der Waals surface area contributed by atoms with E-state index in [0.29, 0.717) is 0 Å². The third-order valence-corrected chi connectivity index (χ3v) is 5.77. The Balaban J connectivity index is 1.87. The predicted octanol–water partition coefficient (Wildman–Crippen LogP) is 3.91. The summed E-state index contributed by atoms with van der Waals surface area (Å²) in [7, 11) is 2.38. The summed E-state index contributed by atoms with van der Waals surface area (Å²) < 4.78 is 0. The van der Waals surface area contributed by atoms with Crippen LogP contribution in [0.4, 0.5) is 0 Å². The highest BCUT2D eigenvalue weighted by Crippen LogP contribution is 2.32. The molecule has 0 spiro atoms. The predicted molar refractivity (Wildman–Crippen MR) is 88.0 cm³/mol. The summed E-state index contributed by atoms with van der Waals surface area (Å²) >= 11 is 0. The van der Waals surface area contributed by atoms with E-state index >= 15 is 0 Å². The van der Waals surface area contributed by atoms with Crippen molar-refractivity contribution in [1.82, 2.24) is 10.2 Å². The molecule has 5 unspecified atom stereocenters. The van der Waals surface area contributed by atoms with Gasteiger partial charge in [-0.05, 0) is 63.5 Å². The quantitative estimate of drug-likeness (QED) is 0.821. The molecule has 5 atom stereocenters. The monoisotopic (exact) mass is 280 g/mol. The number of hydrogen-bond acceptors (Lipinski definition) is 2. The van der Waals surface area contributed by atoms with Crippen molar-refractivity contribution < 1.29 is 0 Å². The minimum absolute atomic E-state index is 0.764. The summed E-state index contributed by atoms with van der Waals surface area (Å²) in [5.41, 5.74) is 0. The largest absolute Gasteiger partial charge is 0.314 e. The van der Waals surface area contributed by atoms with Crippen LogP contribution in [0.2, 0.25) is 0 Å². The van der Waals surface area contributed by atoms with Crippen LogP contribution < -0.4 is 5.32 Å². The lowest BCUT2D eigenvalue weighted by Crippen LogP contribution is -2.47. The van der Waals surface area contributed by atoms with Gasteiger partial charge in [-0.2, -0.15) is 0 Å². The maximum absolute atomic E-state index is 3.75. The van der Waals surface area contributed by atoms with Crippen LogP contribution in [0.1, 0.15) is 65.7 Å². The van der Waals surface area contributed by atoms with E-state index in [-0.39, 0.29) is 0 Å². The van der Waals surface area contributed by atoms with Gasteiger partial charge in [0, 0.05) is 18.6 Å². The molecule has 0 aliphatic heterocycles. The maximum atomic E-state index is 3.75. The second-order valence-electron chi connectivity index (χ2n) is 7.71. The second kappa shape index (κ2) is 7.79. The maximum Gasteiger partial charge on any atom is 0.0108 e. The number of hydrogen-bond donors (Lipinski definition) is 1. The first-order valence-electron chi connectivity index (χ1n) is 9.03. The Morgan fingerprint density at radius 3 is 2.45 bits per heavy atom. The molecule has 0 bridgehead atoms. The molecule has 2 heteroatoms. The fourth-order valence-electron chi connectivity index (χ4n) is 4.55. The summed E-state index contributed by atoms with van der Waals surface area (Å²) in [5.74, 6) is 2.72. The lowest BCUT2D eigenvalue weighted by atomic mass is 9.78. The molecule has 2 rings (SSSR count). The second-order valence-corrected chi connectivity index (χ2v) is 7.71. The van der Waals surface area contributed by atoms with Gasteiger partial charge in [-0.25, -0.2) is 0 Å². The van der Waals surface area contributed by atoms with Crippen LogP contribution >= 0.6 is 0 Å². The van der Waals surface area contributed by atoms with E-state index in [4.69, 9.17) is 0 Å². The van der Waals surface area contributed by atoms with Crippen molar-refractivity contribution in [1.29, 1.82) is 0 Å². The fourth-order valence-corrected chi connectivity index (χ4v) is 4.55. The van der Waals surface area contributed by atoms with E-state index in [2.05, 4.69) is 38.0 Å². The Morgan fingerprint density at radius 2 is 1.75 bits per heavy atom. The lowest BCUT2D eigenvalue weighted by molar-refractivity contribution is 0.106. The van der Waals surface area contributed by atoms with Crippen LogP contribution in [0.5, 0.6) is 0 Å². The van der Waals surface area contributed by atoms with Crippen LogP contribution in [0.15, 0.2) is 0 Å². The highest BCUT2D eigenvalue weighted by molar-refractivity contribution is 4.87. The molecule has 118 valence electrons. The normalized spacial score (nSPS) is 39.1. The van der Waals surface area contributed by atoms with Gasteiger partial charge in [0.05, 0.1) is 0 Å². The van der Waals surface area contributed by atoms with E-state index < -0.39 is 0 Å². The molecular weight excluding hydrogens is 244 g/mol. The summed E-state index contributed by atoms with van der Waals surface area (Å²) in [6.45, 7) is 9.56. The van der Waals surface area contributed by atoms with Crippen molar-refractivity contribution in [2.24, 2.45) is 17.8 Å². The van der Waals surface area contributed by atoms with Gasteiger partial charge in [0.15, 0.2) is 0 Å². The zero-order chi connectivity index (χ0) is 14.5. The first-order valence-corrected chi connectivity index (χ1v) is 9.03.